The molecule has 0 aliphatic heterocycles. The summed E-state index contributed by atoms with van der Waals surface area (Å²) in [4.78, 5) is 13.5. The lowest BCUT2D eigenvalue weighted by Crippen LogP contribution is -2.32. The summed E-state index contributed by atoms with van der Waals surface area (Å²) < 4.78 is 5.82. The molecule has 0 heterocycles. The van der Waals surface area contributed by atoms with Crippen molar-refractivity contribution < 1.29 is 9.53 Å². The maximum Gasteiger partial charge on any atom is 0.142 e. The molecule has 1 saturated carbocycles. The van der Waals surface area contributed by atoms with E-state index in [1.54, 1.807) is 7.11 Å². The third-order valence-corrected chi connectivity index (χ3v) is 6.05. The number of halogens is 2. The molecule has 0 N–H and O–H groups in total. The number of carbonyl (C=O) groups excluding carboxylic acids is 1. The van der Waals surface area contributed by atoms with Crippen molar-refractivity contribution in [3.63, 3.8) is 0 Å². The van der Waals surface area contributed by atoms with Gasteiger partial charge in [0.25, 0.3) is 0 Å². The lowest BCUT2D eigenvalue weighted by molar-refractivity contribution is -0.132. The summed E-state index contributed by atoms with van der Waals surface area (Å²) >= 11 is 12.0. The van der Waals surface area contributed by atoms with Crippen molar-refractivity contribution in [2.24, 2.45) is 11.8 Å². The van der Waals surface area contributed by atoms with Gasteiger partial charge >= 0.3 is 0 Å². The fourth-order valence-corrected chi connectivity index (χ4v) is 4.36. The topological polar surface area (TPSA) is 26.3 Å². The van der Waals surface area contributed by atoms with Crippen molar-refractivity contribution in [3.8, 4) is 0 Å². The van der Waals surface area contributed by atoms with E-state index in [0.717, 1.165) is 54.7 Å². The first-order valence-electron chi connectivity index (χ1n) is 9.65. The Kier molecular flexibility index (Phi) is 7.34. The summed E-state index contributed by atoms with van der Waals surface area (Å²) in [5.41, 5.74) is 2.18. The Morgan fingerprint density at radius 3 is 2.15 bits per heavy atom. The summed E-state index contributed by atoms with van der Waals surface area (Å²) in [5, 5.41) is 1.42. The Hall–Kier alpha value is -1.35. The van der Waals surface area contributed by atoms with Crippen LogP contribution in [-0.2, 0) is 16.0 Å². The predicted molar refractivity (Wildman–Crippen MR) is 111 cm³/mol. The molecule has 0 aromatic heterocycles. The van der Waals surface area contributed by atoms with E-state index in [0.29, 0.717) is 10.8 Å². The monoisotopic (exact) mass is 404 g/mol. The van der Waals surface area contributed by atoms with Crippen LogP contribution in [0.4, 0.5) is 0 Å². The lowest BCUT2D eigenvalue weighted by Gasteiger charge is -2.31. The molecule has 144 valence electrons. The fourth-order valence-electron chi connectivity index (χ4n) is 4.11. The highest BCUT2D eigenvalue weighted by Gasteiger charge is 2.34. The number of ketones is 1. The molecule has 1 fully saturated rings. The number of Topliss-reactive ketones (excluding diaryl/α,β-unsaturated/α-hetero) is 1. The Morgan fingerprint density at radius 1 is 0.926 bits per heavy atom. The maximum atomic E-state index is 13.5. The van der Waals surface area contributed by atoms with Gasteiger partial charge in [0.05, 0.1) is 6.10 Å². The molecule has 3 atom stereocenters. The molecule has 3 rings (SSSR count). The van der Waals surface area contributed by atoms with Crippen LogP contribution in [0.3, 0.4) is 0 Å². The van der Waals surface area contributed by atoms with Crippen molar-refractivity contribution in [2.75, 3.05) is 7.11 Å². The van der Waals surface area contributed by atoms with Gasteiger partial charge in [0, 0.05) is 29.0 Å². The molecule has 1 aliphatic rings. The minimum Gasteiger partial charge on any atom is -0.376 e. The summed E-state index contributed by atoms with van der Waals surface area (Å²) in [6, 6.07) is 15.5. The minimum absolute atomic E-state index is 0.0291. The van der Waals surface area contributed by atoms with Crippen LogP contribution in [0.25, 0.3) is 0 Å². The van der Waals surface area contributed by atoms with E-state index in [9.17, 15) is 4.79 Å². The van der Waals surface area contributed by atoms with E-state index >= 15 is 0 Å². The second kappa shape index (κ2) is 9.73. The largest absolute Gasteiger partial charge is 0.376 e. The highest BCUT2D eigenvalue weighted by atomic mass is 35.5. The van der Waals surface area contributed by atoms with E-state index < -0.39 is 0 Å². The molecule has 2 nitrogen and oxygen atoms in total. The van der Waals surface area contributed by atoms with Gasteiger partial charge in [-0.25, -0.2) is 0 Å². The van der Waals surface area contributed by atoms with Crippen molar-refractivity contribution in [1.82, 2.24) is 0 Å². The molecular weight excluding hydrogens is 379 g/mol. The molecule has 0 saturated heterocycles. The number of carbonyl (C=O) groups is 1. The number of benzene rings is 2. The SMILES string of the molecule is COC(c1ccc(Cl)cc1)C1CCCCCC(Cc2ccc(Cl)cc2)C1=O. The van der Waals surface area contributed by atoms with Gasteiger partial charge in [-0.1, -0.05) is 66.7 Å². The molecule has 4 heteroatoms. The summed E-state index contributed by atoms with van der Waals surface area (Å²) in [6.07, 6.45) is 5.70. The van der Waals surface area contributed by atoms with Crippen LogP contribution in [0, 0.1) is 11.8 Å². The smallest absolute Gasteiger partial charge is 0.142 e. The van der Waals surface area contributed by atoms with Crippen LogP contribution in [0.5, 0.6) is 0 Å². The molecule has 2 aromatic carbocycles. The first kappa shape index (κ1) is 20.4. The van der Waals surface area contributed by atoms with Gasteiger partial charge in [0.1, 0.15) is 5.78 Å². The van der Waals surface area contributed by atoms with Crippen molar-refractivity contribution >= 4 is 29.0 Å². The summed E-state index contributed by atoms with van der Waals surface area (Å²) in [7, 11) is 1.69. The van der Waals surface area contributed by atoms with Crippen molar-refractivity contribution in [3.05, 3.63) is 69.7 Å². The zero-order valence-electron chi connectivity index (χ0n) is 15.7. The quantitative estimate of drug-likeness (QED) is 0.554. The molecule has 1 aliphatic carbocycles. The number of hydrogen-bond acceptors (Lipinski definition) is 2. The van der Waals surface area contributed by atoms with Crippen molar-refractivity contribution in [2.45, 2.75) is 44.6 Å². The van der Waals surface area contributed by atoms with Gasteiger partial charge in [0.2, 0.25) is 0 Å². The third kappa shape index (κ3) is 5.34. The van der Waals surface area contributed by atoms with E-state index in [1.165, 1.54) is 0 Å². The highest BCUT2D eigenvalue weighted by molar-refractivity contribution is 6.30. The summed E-state index contributed by atoms with van der Waals surface area (Å²) in [6.45, 7) is 0. The Morgan fingerprint density at radius 2 is 1.52 bits per heavy atom. The molecule has 0 amide bonds. The second-order valence-corrected chi connectivity index (χ2v) is 8.26. The van der Waals surface area contributed by atoms with E-state index in [4.69, 9.17) is 27.9 Å². The van der Waals surface area contributed by atoms with Gasteiger partial charge < -0.3 is 4.74 Å². The van der Waals surface area contributed by atoms with Crippen molar-refractivity contribution in [1.29, 1.82) is 0 Å². The van der Waals surface area contributed by atoms with Gasteiger partial charge in [-0.05, 0) is 54.7 Å². The Bertz CT molecular complexity index is 740. The van der Waals surface area contributed by atoms with Crippen LogP contribution < -0.4 is 0 Å². The van der Waals surface area contributed by atoms with Crippen LogP contribution in [0.1, 0.15) is 49.3 Å². The molecule has 0 radical (unpaired) electrons. The summed E-state index contributed by atoms with van der Waals surface area (Å²) in [5.74, 6) is 0.238. The Balaban J connectivity index is 1.82. The van der Waals surface area contributed by atoms with Gasteiger partial charge in [-0.3, -0.25) is 4.79 Å². The first-order valence-corrected chi connectivity index (χ1v) is 10.4. The Labute approximate surface area is 171 Å². The fraction of sp³-hybridized carbons (Fsp3) is 0.435. The van der Waals surface area contributed by atoms with Gasteiger partial charge in [0.15, 0.2) is 0 Å². The maximum absolute atomic E-state index is 13.5. The van der Waals surface area contributed by atoms with Crippen LogP contribution in [-0.4, -0.2) is 12.9 Å². The zero-order valence-corrected chi connectivity index (χ0v) is 17.2. The molecule has 27 heavy (non-hydrogen) atoms. The van der Waals surface area contributed by atoms with Gasteiger partial charge in [-0.15, -0.1) is 0 Å². The molecule has 2 aromatic rings. The molecule has 0 spiro atoms. The second-order valence-electron chi connectivity index (χ2n) is 7.38. The standard InChI is InChI=1S/C23H26Cl2O2/c1-27-23(17-9-13-20(25)14-10-17)21-6-4-2-3-5-18(22(21)26)15-16-7-11-19(24)12-8-16/h7-14,18,21,23H,2-6,15H2,1H3. The van der Waals surface area contributed by atoms with E-state index in [1.807, 2.05) is 48.5 Å². The normalized spacial score (nSPS) is 22.1. The third-order valence-electron chi connectivity index (χ3n) is 5.55. The minimum atomic E-state index is -0.222. The predicted octanol–water partition coefficient (Wildman–Crippen LogP) is 6.69. The number of hydrogen-bond donors (Lipinski definition) is 0. The number of rotatable bonds is 5. The average molecular weight is 405 g/mol. The highest BCUT2D eigenvalue weighted by Crippen LogP contribution is 2.36. The zero-order chi connectivity index (χ0) is 19.2. The number of ether oxygens (including phenoxy) is 1. The van der Waals surface area contributed by atoms with Crippen LogP contribution in [0.15, 0.2) is 48.5 Å². The average Bonchev–Trinajstić information content (AvgIpc) is 2.67. The van der Waals surface area contributed by atoms with Crippen LogP contribution >= 0.6 is 23.2 Å². The molecule has 0 bridgehead atoms. The first-order chi connectivity index (χ1) is 13.1. The molecule has 3 unspecified atom stereocenters. The lowest BCUT2D eigenvalue weighted by atomic mass is 9.76. The van der Waals surface area contributed by atoms with E-state index in [2.05, 4.69) is 0 Å². The van der Waals surface area contributed by atoms with Crippen LogP contribution in [0.2, 0.25) is 10.0 Å². The number of methoxy groups -OCH3 is 1. The molecular formula is C23H26Cl2O2. The van der Waals surface area contributed by atoms with E-state index in [-0.39, 0.29) is 17.9 Å². The van der Waals surface area contributed by atoms with Gasteiger partial charge in [-0.2, -0.15) is 0 Å².